The van der Waals surface area contributed by atoms with Gasteiger partial charge in [-0.1, -0.05) is 19.1 Å². The first-order valence-corrected chi connectivity index (χ1v) is 10.3. The third-order valence-corrected chi connectivity index (χ3v) is 5.66. The molecule has 2 aromatic carbocycles. The average molecular weight is 389 g/mol. The van der Waals surface area contributed by atoms with E-state index in [1.807, 2.05) is 42.2 Å². The number of benzene rings is 2. The smallest absolute Gasteiger partial charge is 0.253 e. The number of carbonyl (C=O) groups excluding carboxylic acids is 1. The molecule has 1 amide bonds. The van der Waals surface area contributed by atoms with Gasteiger partial charge in [-0.2, -0.15) is 5.10 Å². The van der Waals surface area contributed by atoms with Gasteiger partial charge in [0.05, 0.1) is 18.5 Å². The number of hydrogen-bond donors (Lipinski definition) is 1. The lowest BCUT2D eigenvalue weighted by Gasteiger charge is -2.20. The summed E-state index contributed by atoms with van der Waals surface area (Å²) in [5.74, 6) is 0.976. The Labute approximate surface area is 171 Å². The molecular weight excluding hydrogens is 362 g/mol. The molecule has 1 heterocycles. The number of hydrogen-bond acceptors (Lipinski definition) is 3. The predicted octanol–water partition coefficient (Wildman–Crippen LogP) is 4.72. The normalized spacial score (nSPS) is 12.2. The highest BCUT2D eigenvalue weighted by Crippen LogP contribution is 2.38. The molecule has 1 aromatic heterocycles. The van der Waals surface area contributed by atoms with E-state index in [0.717, 1.165) is 60.6 Å². The summed E-state index contributed by atoms with van der Waals surface area (Å²) in [5.41, 5.74) is 7.54. The maximum absolute atomic E-state index is 12.7. The van der Waals surface area contributed by atoms with Crippen LogP contribution in [0.5, 0.6) is 5.75 Å². The molecular formula is C24H27N3O2. The zero-order valence-corrected chi connectivity index (χ0v) is 17.3. The van der Waals surface area contributed by atoms with Crippen LogP contribution in [-0.2, 0) is 12.8 Å². The molecule has 0 bridgehead atoms. The van der Waals surface area contributed by atoms with Crippen LogP contribution in [0.4, 0.5) is 0 Å². The van der Waals surface area contributed by atoms with Crippen molar-refractivity contribution >= 4 is 5.91 Å². The summed E-state index contributed by atoms with van der Waals surface area (Å²) in [6.45, 7) is 5.62. The van der Waals surface area contributed by atoms with Crippen LogP contribution >= 0.6 is 0 Å². The second kappa shape index (κ2) is 8.11. The van der Waals surface area contributed by atoms with E-state index in [2.05, 4.69) is 29.3 Å². The predicted molar refractivity (Wildman–Crippen MR) is 115 cm³/mol. The quantitative estimate of drug-likeness (QED) is 0.663. The van der Waals surface area contributed by atoms with Crippen molar-refractivity contribution in [3.63, 3.8) is 0 Å². The Morgan fingerprint density at radius 2 is 1.93 bits per heavy atom. The van der Waals surface area contributed by atoms with Gasteiger partial charge in [0.1, 0.15) is 5.75 Å². The van der Waals surface area contributed by atoms with Gasteiger partial charge < -0.3 is 9.64 Å². The number of fused-ring (bicyclic) bond motifs is 3. The maximum Gasteiger partial charge on any atom is 0.253 e. The fourth-order valence-electron chi connectivity index (χ4n) is 4.10. The van der Waals surface area contributed by atoms with E-state index in [-0.39, 0.29) is 5.91 Å². The zero-order valence-electron chi connectivity index (χ0n) is 17.3. The van der Waals surface area contributed by atoms with Gasteiger partial charge in [0, 0.05) is 35.3 Å². The number of aromatic nitrogens is 2. The van der Waals surface area contributed by atoms with Crippen molar-refractivity contribution < 1.29 is 9.53 Å². The van der Waals surface area contributed by atoms with Gasteiger partial charge in [-0.15, -0.1) is 0 Å². The van der Waals surface area contributed by atoms with Crippen LogP contribution in [0, 0.1) is 0 Å². The molecule has 3 aromatic rings. The van der Waals surface area contributed by atoms with Crippen LogP contribution < -0.4 is 4.74 Å². The molecule has 0 radical (unpaired) electrons. The van der Waals surface area contributed by atoms with Crippen molar-refractivity contribution in [1.82, 2.24) is 15.1 Å². The number of aryl methyl sites for hydroxylation is 1. The Morgan fingerprint density at radius 3 is 2.62 bits per heavy atom. The van der Waals surface area contributed by atoms with E-state index in [0.29, 0.717) is 0 Å². The Morgan fingerprint density at radius 1 is 1.14 bits per heavy atom. The molecule has 0 fully saturated rings. The first-order chi connectivity index (χ1) is 14.2. The first kappa shape index (κ1) is 19.2. The fraction of sp³-hybridized carbons (Fsp3) is 0.333. The number of nitrogens with one attached hydrogen (secondary N) is 1. The molecule has 29 heavy (non-hydrogen) atoms. The highest BCUT2D eigenvalue weighted by Gasteiger charge is 2.23. The highest BCUT2D eigenvalue weighted by molar-refractivity contribution is 5.94. The summed E-state index contributed by atoms with van der Waals surface area (Å²) < 4.78 is 5.36. The van der Waals surface area contributed by atoms with Crippen LogP contribution in [-0.4, -0.2) is 41.2 Å². The number of H-pyrrole nitrogens is 1. The van der Waals surface area contributed by atoms with Crippen molar-refractivity contribution in [1.29, 1.82) is 0 Å². The van der Waals surface area contributed by atoms with E-state index >= 15 is 0 Å². The van der Waals surface area contributed by atoms with Crippen molar-refractivity contribution in [2.75, 3.05) is 20.2 Å². The molecule has 0 saturated heterocycles. The summed E-state index contributed by atoms with van der Waals surface area (Å²) in [4.78, 5) is 14.6. The lowest BCUT2D eigenvalue weighted by Crippen LogP contribution is -2.31. The van der Waals surface area contributed by atoms with Crippen LogP contribution in [0.1, 0.15) is 41.8 Å². The third-order valence-electron chi connectivity index (χ3n) is 5.66. The molecule has 4 rings (SSSR count). The molecule has 150 valence electrons. The number of carbonyl (C=O) groups is 1. The molecule has 0 saturated carbocycles. The summed E-state index contributed by atoms with van der Waals surface area (Å²) in [6, 6.07) is 14.0. The second-order valence-corrected chi connectivity index (χ2v) is 7.41. The molecule has 5 heteroatoms. The highest BCUT2D eigenvalue weighted by atomic mass is 16.5. The maximum atomic E-state index is 12.7. The molecule has 0 atom stereocenters. The first-order valence-electron chi connectivity index (χ1n) is 10.3. The minimum absolute atomic E-state index is 0.0906. The summed E-state index contributed by atoms with van der Waals surface area (Å²) >= 11 is 0. The lowest BCUT2D eigenvalue weighted by molar-refractivity contribution is 0.0764. The van der Waals surface area contributed by atoms with E-state index < -0.39 is 0 Å². The topological polar surface area (TPSA) is 58.2 Å². The number of nitrogens with zero attached hydrogens (tertiary/aromatic N) is 2. The fourth-order valence-corrected chi connectivity index (χ4v) is 4.10. The molecule has 0 spiro atoms. The Bertz CT molecular complexity index is 1020. The Hall–Kier alpha value is -3.08. The molecule has 1 N–H and O–H groups in total. The molecule has 0 unspecified atom stereocenters. The van der Waals surface area contributed by atoms with Gasteiger partial charge in [0.2, 0.25) is 0 Å². The number of aromatic amines is 1. The van der Waals surface area contributed by atoms with Crippen LogP contribution in [0.3, 0.4) is 0 Å². The van der Waals surface area contributed by atoms with Crippen molar-refractivity contribution in [2.45, 2.75) is 33.1 Å². The van der Waals surface area contributed by atoms with Gasteiger partial charge in [-0.05, 0) is 62.1 Å². The monoisotopic (exact) mass is 389 g/mol. The van der Waals surface area contributed by atoms with Gasteiger partial charge in [-0.3, -0.25) is 9.89 Å². The van der Waals surface area contributed by atoms with E-state index in [9.17, 15) is 4.79 Å². The molecule has 1 aliphatic carbocycles. The van der Waals surface area contributed by atoms with Crippen molar-refractivity contribution in [3.8, 4) is 28.3 Å². The minimum atomic E-state index is 0.0906. The Balaban J connectivity index is 1.62. The van der Waals surface area contributed by atoms with Crippen LogP contribution in [0.25, 0.3) is 22.5 Å². The van der Waals surface area contributed by atoms with Gasteiger partial charge in [0.15, 0.2) is 0 Å². The molecule has 1 aliphatic rings. The van der Waals surface area contributed by atoms with Crippen molar-refractivity contribution in [2.24, 2.45) is 0 Å². The van der Waals surface area contributed by atoms with Gasteiger partial charge >= 0.3 is 0 Å². The van der Waals surface area contributed by atoms with E-state index in [1.54, 1.807) is 7.11 Å². The van der Waals surface area contributed by atoms with E-state index in [4.69, 9.17) is 4.74 Å². The van der Waals surface area contributed by atoms with E-state index in [1.165, 1.54) is 16.7 Å². The summed E-state index contributed by atoms with van der Waals surface area (Å²) in [7, 11) is 1.70. The number of amides is 1. The second-order valence-electron chi connectivity index (χ2n) is 7.41. The number of ether oxygens (including phenoxy) is 1. The zero-order chi connectivity index (χ0) is 20.4. The molecule has 0 aliphatic heterocycles. The Kier molecular flexibility index (Phi) is 5.38. The van der Waals surface area contributed by atoms with Crippen molar-refractivity contribution in [3.05, 3.63) is 59.2 Å². The van der Waals surface area contributed by atoms with Crippen LogP contribution in [0.2, 0.25) is 0 Å². The molecule has 5 nitrogen and oxygen atoms in total. The summed E-state index contributed by atoms with van der Waals surface area (Å²) in [6.07, 6.45) is 2.86. The largest absolute Gasteiger partial charge is 0.497 e. The SMILES string of the molecule is CCCN(CC)C(=O)c1ccc(-c2n[nH]c3c2CCc2cc(OC)ccc2-3)cc1. The number of rotatable bonds is 6. The van der Waals surface area contributed by atoms with Crippen LogP contribution in [0.15, 0.2) is 42.5 Å². The number of methoxy groups -OCH3 is 1. The average Bonchev–Trinajstić information content (AvgIpc) is 3.21. The lowest BCUT2D eigenvalue weighted by atomic mass is 9.87. The third kappa shape index (κ3) is 3.53. The van der Waals surface area contributed by atoms with Gasteiger partial charge in [0.25, 0.3) is 5.91 Å². The minimum Gasteiger partial charge on any atom is -0.497 e. The standard InChI is InChI=1S/C24H27N3O2/c1-4-14-27(5-2)24(28)17-8-6-16(7-9-17)22-21-12-10-18-15-19(29-3)11-13-20(18)23(21)26-25-22/h6-9,11,13,15H,4-5,10,12,14H2,1-3H3,(H,25,26). The van der Waals surface area contributed by atoms with Gasteiger partial charge in [-0.25, -0.2) is 0 Å². The summed E-state index contributed by atoms with van der Waals surface area (Å²) in [5, 5.41) is 7.85.